The Kier molecular flexibility index (Phi) is 4.04. The number of aromatic nitrogens is 3. The molecule has 6 nitrogen and oxygen atoms in total. The molecule has 1 aromatic heterocycles. The van der Waals surface area contributed by atoms with Gasteiger partial charge in [0.1, 0.15) is 13.1 Å². The van der Waals surface area contributed by atoms with Crippen LogP contribution >= 0.6 is 23.2 Å². The Morgan fingerprint density at radius 3 is 2.27 bits per heavy atom. The highest BCUT2D eigenvalue weighted by Gasteiger charge is 2.13. The van der Waals surface area contributed by atoms with Crippen molar-refractivity contribution in [3.63, 3.8) is 0 Å². The van der Waals surface area contributed by atoms with Gasteiger partial charge in [0, 0.05) is 0 Å². The fraction of sp³-hybridized carbons (Fsp3) is 0.286. The maximum Gasteiger partial charge on any atom is 0.245 e. The average Bonchev–Trinajstić information content (AvgIpc) is 2.21. The zero-order chi connectivity index (χ0) is 11.3. The van der Waals surface area contributed by atoms with E-state index in [1.54, 1.807) is 0 Å². The lowest BCUT2D eigenvalue weighted by Crippen LogP contribution is -2.25. The summed E-state index contributed by atoms with van der Waals surface area (Å²) in [6, 6.07) is 3.77. The lowest BCUT2D eigenvalue weighted by atomic mass is 10.5. The number of rotatable bonds is 3. The summed E-state index contributed by atoms with van der Waals surface area (Å²) < 4.78 is 0. The summed E-state index contributed by atoms with van der Waals surface area (Å²) in [5.74, 6) is 0.180. The maximum atomic E-state index is 8.54. The SMILES string of the molecule is N#CCN(CC#N)c1nc(Cl)nnc1Cl. The smallest absolute Gasteiger partial charge is 0.245 e. The first-order valence-electron chi connectivity index (χ1n) is 3.73. The molecule has 0 amide bonds. The monoisotopic (exact) mass is 242 g/mol. The topological polar surface area (TPSA) is 89.5 Å². The van der Waals surface area contributed by atoms with Gasteiger partial charge in [0.2, 0.25) is 5.28 Å². The molecule has 0 bridgehead atoms. The summed E-state index contributed by atoms with van der Waals surface area (Å²) in [5, 5.41) is 24.0. The van der Waals surface area contributed by atoms with Gasteiger partial charge in [0.15, 0.2) is 11.0 Å². The predicted molar refractivity (Wildman–Crippen MR) is 53.3 cm³/mol. The molecule has 0 fully saturated rings. The molecular formula is C7H4Cl2N6. The fourth-order valence-corrected chi connectivity index (χ4v) is 1.18. The minimum atomic E-state index is -0.0877. The third-order valence-electron chi connectivity index (χ3n) is 1.43. The molecule has 0 aromatic carbocycles. The van der Waals surface area contributed by atoms with Crippen LogP contribution in [0, 0.1) is 22.7 Å². The maximum absolute atomic E-state index is 8.54. The van der Waals surface area contributed by atoms with Crippen LogP contribution in [0.1, 0.15) is 0 Å². The van der Waals surface area contributed by atoms with Gasteiger partial charge in [-0.15, -0.1) is 10.2 Å². The van der Waals surface area contributed by atoms with E-state index < -0.39 is 0 Å². The van der Waals surface area contributed by atoms with E-state index >= 15 is 0 Å². The van der Waals surface area contributed by atoms with E-state index in [0.29, 0.717) is 0 Å². The Labute approximate surface area is 95.7 Å². The Hall–Kier alpha value is -1.63. The first-order chi connectivity index (χ1) is 7.19. The minimum Gasteiger partial charge on any atom is -0.327 e. The highest BCUT2D eigenvalue weighted by molar-refractivity contribution is 6.32. The Morgan fingerprint density at radius 2 is 1.73 bits per heavy atom. The second kappa shape index (κ2) is 5.30. The minimum absolute atomic E-state index is 0.00454. The molecule has 1 rings (SSSR count). The summed E-state index contributed by atoms with van der Waals surface area (Å²) in [6.45, 7) is -0.0510. The van der Waals surface area contributed by atoms with Gasteiger partial charge in [-0.1, -0.05) is 11.6 Å². The second-order valence-electron chi connectivity index (χ2n) is 2.37. The third kappa shape index (κ3) is 2.91. The van der Waals surface area contributed by atoms with E-state index in [1.165, 1.54) is 4.90 Å². The fourth-order valence-electron chi connectivity index (χ4n) is 0.863. The molecule has 0 radical (unpaired) electrons. The first kappa shape index (κ1) is 11.4. The van der Waals surface area contributed by atoms with E-state index in [0.717, 1.165) is 0 Å². The summed E-state index contributed by atoms with van der Waals surface area (Å²) in [6.07, 6.45) is 0. The van der Waals surface area contributed by atoms with Crippen molar-refractivity contribution in [3.05, 3.63) is 10.4 Å². The normalized spacial score (nSPS) is 9.07. The summed E-state index contributed by atoms with van der Waals surface area (Å²) in [4.78, 5) is 5.14. The van der Waals surface area contributed by atoms with E-state index in [9.17, 15) is 0 Å². The van der Waals surface area contributed by atoms with Crippen molar-refractivity contribution in [1.82, 2.24) is 15.2 Å². The summed E-state index contributed by atoms with van der Waals surface area (Å²) >= 11 is 11.2. The van der Waals surface area contributed by atoms with Crippen LogP contribution in [0.15, 0.2) is 0 Å². The highest BCUT2D eigenvalue weighted by atomic mass is 35.5. The van der Waals surface area contributed by atoms with Gasteiger partial charge in [-0.05, 0) is 11.6 Å². The van der Waals surface area contributed by atoms with Gasteiger partial charge in [-0.3, -0.25) is 0 Å². The molecule has 0 saturated heterocycles. The van der Waals surface area contributed by atoms with Crippen molar-refractivity contribution in [2.24, 2.45) is 0 Å². The molecule has 1 aromatic rings. The number of anilines is 1. The lowest BCUT2D eigenvalue weighted by molar-refractivity contribution is 0.885. The van der Waals surface area contributed by atoms with Gasteiger partial charge in [0.25, 0.3) is 0 Å². The Morgan fingerprint density at radius 1 is 1.13 bits per heavy atom. The molecule has 1 heterocycles. The second-order valence-corrected chi connectivity index (χ2v) is 3.06. The zero-order valence-electron chi connectivity index (χ0n) is 7.35. The van der Waals surface area contributed by atoms with Gasteiger partial charge < -0.3 is 4.90 Å². The molecular weight excluding hydrogens is 239 g/mol. The molecule has 0 atom stereocenters. The van der Waals surface area contributed by atoms with Crippen LogP contribution < -0.4 is 4.90 Å². The number of hydrogen-bond donors (Lipinski definition) is 0. The van der Waals surface area contributed by atoms with Crippen molar-refractivity contribution in [2.75, 3.05) is 18.0 Å². The van der Waals surface area contributed by atoms with E-state index in [1.807, 2.05) is 12.1 Å². The van der Waals surface area contributed by atoms with Gasteiger partial charge in [-0.2, -0.15) is 15.5 Å². The highest BCUT2D eigenvalue weighted by Crippen LogP contribution is 2.20. The van der Waals surface area contributed by atoms with Crippen molar-refractivity contribution >= 4 is 29.0 Å². The van der Waals surface area contributed by atoms with E-state index in [4.69, 9.17) is 33.7 Å². The van der Waals surface area contributed by atoms with Crippen LogP contribution in [0.3, 0.4) is 0 Å². The summed E-state index contributed by atoms with van der Waals surface area (Å²) in [7, 11) is 0. The van der Waals surface area contributed by atoms with E-state index in [2.05, 4.69) is 15.2 Å². The first-order valence-corrected chi connectivity index (χ1v) is 4.49. The number of nitrogens with zero attached hydrogens (tertiary/aromatic N) is 6. The molecule has 15 heavy (non-hydrogen) atoms. The van der Waals surface area contributed by atoms with Crippen molar-refractivity contribution in [3.8, 4) is 12.1 Å². The van der Waals surface area contributed by atoms with Gasteiger partial charge in [0.05, 0.1) is 12.1 Å². The summed E-state index contributed by atoms with van der Waals surface area (Å²) in [5.41, 5.74) is 0. The van der Waals surface area contributed by atoms with Crippen LogP contribution in [0.25, 0.3) is 0 Å². The van der Waals surface area contributed by atoms with Crippen molar-refractivity contribution in [2.45, 2.75) is 0 Å². The van der Waals surface area contributed by atoms with Gasteiger partial charge in [-0.25, -0.2) is 0 Å². The third-order valence-corrected chi connectivity index (χ3v) is 1.83. The van der Waals surface area contributed by atoms with Crippen molar-refractivity contribution in [1.29, 1.82) is 10.5 Å². The van der Waals surface area contributed by atoms with E-state index in [-0.39, 0.29) is 29.3 Å². The molecule has 0 aliphatic heterocycles. The average molecular weight is 243 g/mol. The quantitative estimate of drug-likeness (QED) is 0.736. The molecule has 76 valence electrons. The standard InChI is InChI=1S/C7H4Cl2N6/c8-5-6(12-7(9)14-13-5)15(3-1-10)4-2-11/h3-4H2. The molecule has 8 heteroatoms. The number of hydrogen-bond acceptors (Lipinski definition) is 6. The number of nitriles is 2. The molecule has 0 aliphatic carbocycles. The van der Waals surface area contributed by atoms with Crippen LogP contribution in [0.4, 0.5) is 5.82 Å². The Balaban J connectivity index is 3.06. The Bertz CT molecular complexity index is 418. The molecule has 0 aliphatic rings. The predicted octanol–water partition coefficient (Wildman–Crippen LogP) is 1.03. The van der Waals surface area contributed by atoms with Crippen molar-refractivity contribution < 1.29 is 0 Å². The molecule has 0 unspecified atom stereocenters. The number of halogens is 2. The van der Waals surface area contributed by atoms with Crippen LogP contribution in [-0.4, -0.2) is 28.3 Å². The van der Waals surface area contributed by atoms with Gasteiger partial charge >= 0.3 is 0 Å². The van der Waals surface area contributed by atoms with Crippen LogP contribution in [0.2, 0.25) is 10.4 Å². The zero-order valence-corrected chi connectivity index (χ0v) is 8.87. The molecule has 0 saturated carbocycles. The molecule has 0 spiro atoms. The largest absolute Gasteiger partial charge is 0.327 e. The lowest BCUT2D eigenvalue weighted by Gasteiger charge is -2.16. The van der Waals surface area contributed by atoms with Crippen LogP contribution in [0.5, 0.6) is 0 Å². The molecule has 0 N–H and O–H groups in total. The van der Waals surface area contributed by atoms with Crippen LogP contribution in [-0.2, 0) is 0 Å².